The Morgan fingerprint density at radius 2 is 2.04 bits per heavy atom. The van der Waals surface area contributed by atoms with Gasteiger partial charge in [-0.1, -0.05) is 25.4 Å². The second-order valence-corrected chi connectivity index (χ2v) is 10.1. The number of fused-ring (bicyclic) bond motifs is 1. The van der Waals surface area contributed by atoms with Gasteiger partial charge in [0.2, 0.25) is 10.0 Å². The Balaban J connectivity index is 1.86. The number of carbonyl (C=O) groups excluding carboxylic acids is 1. The lowest BCUT2D eigenvalue weighted by Gasteiger charge is -2.26. The van der Waals surface area contributed by atoms with Crippen molar-refractivity contribution in [3.63, 3.8) is 0 Å². The van der Waals surface area contributed by atoms with Gasteiger partial charge in [-0.3, -0.25) is 4.79 Å². The summed E-state index contributed by atoms with van der Waals surface area (Å²) in [6.07, 6.45) is 2.28. The van der Waals surface area contributed by atoms with Gasteiger partial charge in [0.05, 0.1) is 6.04 Å². The topological polar surface area (TPSA) is 71.4 Å². The van der Waals surface area contributed by atoms with Gasteiger partial charge >= 0.3 is 0 Å². The van der Waals surface area contributed by atoms with E-state index < -0.39 is 10.0 Å². The molecule has 1 atom stereocenters. The molecule has 9 heteroatoms. The third-order valence-electron chi connectivity index (χ3n) is 4.87. The van der Waals surface area contributed by atoms with Crippen molar-refractivity contribution in [2.45, 2.75) is 36.1 Å². The van der Waals surface area contributed by atoms with Gasteiger partial charge in [0.15, 0.2) is 0 Å². The highest BCUT2D eigenvalue weighted by molar-refractivity contribution is 7.99. The van der Waals surface area contributed by atoms with Crippen LogP contribution in [-0.2, 0) is 17.1 Å². The molecule has 0 radical (unpaired) electrons. The van der Waals surface area contributed by atoms with Crippen LogP contribution in [0.2, 0.25) is 5.02 Å². The minimum atomic E-state index is -3.61. The Hall–Kier alpha value is -1.48. The zero-order chi connectivity index (χ0) is 20.5. The number of aryl methyl sites for hydroxylation is 1. The van der Waals surface area contributed by atoms with Crippen molar-refractivity contribution in [2.24, 2.45) is 7.05 Å². The van der Waals surface area contributed by atoms with Crippen molar-refractivity contribution in [1.82, 2.24) is 14.2 Å². The molecule has 1 aliphatic heterocycles. The fourth-order valence-electron chi connectivity index (χ4n) is 3.36. The van der Waals surface area contributed by atoms with Crippen LogP contribution in [0.15, 0.2) is 40.3 Å². The molecule has 2 heterocycles. The van der Waals surface area contributed by atoms with Gasteiger partial charge in [-0.05, 0) is 36.2 Å². The van der Waals surface area contributed by atoms with Gasteiger partial charge in [-0.2, -0.15) is 4.31 Å². The van der Waals surface area contributed by atoms with E-state index in [0.717, 1.165) is 22.6 Å². The number of hydrogen-bond donors (Lipinski definition) is 1. The lowest BCUT2D eigenvalue weighted by Crippen LogP contribution is -2.32. The van der Waals surface area contributed by atoms with Crippen LogP contribution < -0.4 is 5.32 Å². The van der Waals surface area contributed by atoms with Crippen LogP contribution in [0.1, 0.15) is 42.4 Å². The van der Waals surface area contributed by atoms with E-state index in [-0.39, 0.29) is 16.8 Å². The van der Waals surface area contributed by atoms with E-state index in [9.17, 15) is 13.2 Å². The van der Waals surface area contributed by atoms with Gasteiger partial charge < -0.3 is 9.88 Å². The summed E-state index contributed by atoms with van der Waals surface area (Å²) in [7, 11) is -1.93. The zero-order valence-electron chi connectivity index (χ0n) is 16.1. The van der Waals surface area contributed by atoms with Crippen LogP contribution in [0, 0.1) is 0 Å². The summed E-state index contributed by atoms with van der Waals surface area (Å²) in [5.74, 6) is 0.597. The maximum Gasteiger partial charge on any atom is 0.268 e. The van der Waals surface area contributed by atoms with Gasteiger partial charge in [-0.15, -0.1) is 11.8 Å². The van der Waals surface area contributed by atoms with E-state index in [1.807, 2.05) is 18.2 Å². The normalized spacial score (nSPS) is 16.8. The fourth-order valence-corrected chi connectivity index (χ4v) is 6.18. The number of benzene rings is 1. The number of hydrogen-bond acceptors (Lipinski definition) is 4. The SMILES string of the molecule is CCN(CC)S(=O)(=O)c1cc(C(=O)NC2CCSc3ccc(Cl)cc32)n(C)c1. The summed E-state index contributed by atoms with van der Waals surface area (Å²) in [4.78, 5) is 14.1. The Bertz CT molecular complexity index is 984. The van der Waals surface area contributed by atoms with E-state index >= 15 is 0 Å². The second kappa shape index (κ2) is 8.49. The van der Waals surface area contributed by atoms with Crippen molar-refractivity contribution in [3.05, 3.63) is 46.7 Å². The summed E-state index contributed by atoms with van der Waals surface area (Å²) in [6, 6.07) is 6.99. The smallest absolute Gasteiger partial charge is 0.268 e. The van der Waals surface area contributed by atoms with Gasteiger partial charge in [0, 0.05) is 42.0 Å². The number of halogens is 1. The fraction of sp³-hybridized carbons (Fsp3) is 0.421. The number of carbonyl (C=O) groups is 1. The highest BCUT2D eigenvalue weighted by atomic mass is 35.5. The average Bonchev–Trinajstić information content (AvgIpc) is 3.06. The molecule has 1 N–H and O–H groups in total. The number of nitrogens with one attached hydrogen (secondary N) is 1. The van der Waals surface area contributed by atoms with Gasteiger partial charge in [0.1, 0.15) is 10.6 Å². The maximum atomic E-state index is 12.9. The molecule has 152 valence electrons. The molecule has 1 aromatic heterocycles. The summed E-state index contributed by atoms with van der Waals surface area (Å²) in [5.41, 5.74) is 1.31. The van der Waals surface area contributed by atoms with E-state index in [0.29, 0.717) is 23.8 Å². The van der Waals surface area contributed by atoms with Crippen LogP contribution in [0.5, 0.6) is 0 Å². The quantitative estimate of drug-likeness (QED) is 0.742. The number of rotatable bonds is 6. The number of thioether (sulfide) groups is 1. The second-order valence-electron chi connectivity index (χ2n) is 6.61. The highest BCUT2D eigenvalue weighted by Crippen LogP contribution is 2.37. The van der Waals surface area contributed by atoms with Gasteiger partial charge in [-0.25, -0.2) is 8.42 Å². The molecule has 0 saturated heterocycles. The molecule has 6 nitrogen and oxygen atoms in total. The third-order valence-corrected chi connectivity index (χ3v) is 8.25. The maximum absolute atomic E-state index is 12.9. The van der Waals surface area contributed by atoms with Crippen LogP contribution in [0.25, 0.3) is 0 Å². The Kier molecular flexibility index (Phi) is 6.44. The molecule has 0 fully saturated rings. The summed E-state index contributed by atoms with van der Waals surface area (Å²) >= 11 is 7.88. The predicted molar refractivity (Wildman–Crippen MR) is 113 cm³/mol. The van der Waals surface area contributed by atoms with Crippen molar-refractivity contribution >= 4 is 39.3 Å². The van der Waals surface area contributed by atoms with E-state index in [1.165, 1.54) is 16.6 Å². The first kappa shape index (κ1) is 21.2. The lowest BCUT2D eigenvalue weighted by molar-refractivity contribution is 0.0926. The Morgan fingerprint density at radius 3 is 2.71 bits per heavy atom. The molecule has 2 aromatic rings. The molecule has 1 amide bonds. The van der Waals surface area contributed by atoms with Crippen molar-refractivity contribution in [3.8, 4) is 0 Å². The zero-order valence-corrected chi connectivity index (χ0v) is 18.5. The molecule has 1 aromatic carbocycles. The Labute approximate surface area is 175 Å². The van der Waals surface area contributed by atoms with Crippen molar-refractivity contribution < 1.29 is 13.2 Å². The number of amides is 1. The summed E-state index contributed by atoms with van der Waals surface area (Å²) in [6.45, 7) is 4.35. The first-order valence-corrected chi connectivity index (χ1v) is 12.0. The largest absolute Gasteiger partial charge is 0.345 e. The molecule has 0 saturated carbocycles. The molecular weight excluding hydrogens is 418 g/mol. The lowest BCUT2D eigenvalue weighted by atomic mass is 10.0. The number of aromatic nitrogens is 1. The van der Waals surface area contributed by atoms with Crippen molar-refractivity contribution in [2.75, 3.05) is 18.8 Å². The minimum Gasteiger partial charge on any atom is -0.345 e. The van der Waals surface area contributed by atoms with E-state index in [2.05, 4.69) is 5.32 Å². The highest BCUT2D eigenvalue weighted by Gasteiger charge is 2.27. The molecule has 3 rings (SSSR count). The van der Waals surface area contributed by atoms with E-state index in [4.69, 9.17) is 11.6 Å². The summed E-state index contributed by atoms with van der Waals surface area (Å²) in [5, 5.41) is 3.67. The summed E-state index contributed by atoms with van der Waals surface area (Å²) < 4.78 is 28.4. The first-order valence-electron chi connectivity index (χ1n) is 9.17. The number of nitrogens with zero attached hydrogens (tertiary/aromatic N) is 2. The molecule has 1 unspecified atom stereocenters. The third kappa shape index (κ3) is 4.10. The molecule has 0 bridgehead atoms. The minimum absolute atomic E-state index is 0.131. The van der Waals surface area contributed by atoms with E-state index in [1.54, 1.807) is 37.2 Å². The number of sulfonamides is 1. The molecule has 1 aliphatic rings. The molecule has 0 spiro atoms. The molecular formula is C19H24ClN3O3S2. The first-order chi connectivity index (χ1) is 13.3. The Morgan fingerprint density at radius 1 is 1.32 bits per heavy atom. The van der Waals surface area contributed by atoms with Crippen LogP contribution in [-0.4, -0.2) is 42.0 Å². The monoisotopic (exact) mass is 441 g/mol. The average molecular weight is 442 g/mol. The van der Waals surface area contributed by atoms with Crippen LogP contribution in [0.3, 0.4) is 0 Å². The van der Waals surface area contributed by atoms with Crippen molar-refractivity contribution in [1.29, 1.82) is 0 Å². The van der Waals surface area contributed by atoms with Crippen LogP contribution >= 0.6 is 23.4 Å². The van der Waals surface area contributed by atoms with Crippen LogP contribution in [0.4, 0.5) is 0 Å². The van der Waals surface area contributed by atoms with Gasteiger partial charge in [0.25, 0.3) is 5.91 Å². The standard InChI is InChI=1S/C19H24ClN3O3S2/c1-4-23(5-2)28(25,26)14-11-17(22(3)12-14)19(24)21-16-8-9-27-18-7-6-13(20)10-15(16)18/h6-7,10-12,16H,4-5,8-9H2,1-3H3,(H,21,24). The predicted octanol–water partition coefficient (Wildman–Crippen LogP) is 3.68. The molecule has 28 heavy (non-hydrogen) atoms. The molecule has 0 aliphatic carbocycles.